The van der Waals surface area contributed by atoms with Crippen molar-refractivity contribution in [3.05, 3.63) is 76.9 Å². The number of thiophene rings is 1. The van der Waals surface area contributed by atoms with Crippen LogP contribution < -0.4 is 5.32 Å². The highest BCUT2D eigenvalue weighted by Gasteiger charge is 2.21. The zero-order valence-corrected chi connectivity index (χ0v) is 14.6. The molecule has 0 aliphatic carbocycles. The predicted molar refractivity (Wildman–Crippen MR) is 99.4 cm³/mol. The number of nitrogens with one attached hydrogen (secondary N) is 1. The standard InChI is InChI=1S/C20H18FNO2S/c1-2-24-20(23)18-16(14-8-4-3-5-9-14)13-25-19(18)22-12-15-10-6-7-11-17(15)21/h3-11,13,22H,2,12H2,1H3. The lowest BCUT2D eigenvalue weighted by molar-refractivity contribution is 0.0529. The summed E-state index contributed by atoms with van der Waals surface area (Å²) in [6.07, 6.45) is 0. The second kappa shape index (κ2) is 7.94. The molecule has 1 heterocycles. The van der Waals surface area contributed by atoms with Crippen LogP contribution in [0.5, 0.6) is 0 Å². The van der Waals surface area contributed by atoms with Crippen LogP contribution in [-0.4, -0.2) is 12.6 Å². The molecule has 128 valence electrons. The molecule has 0 bridgehead atoms. The summed E-state index contributed by atoms with van der Waals surface area (Å²) in [7, 11) is 0. The Balaban J connectivity index is 1.92. The Hall–Kier alpha value is -2.66. The Morgan fingerprint density at radius 3 is 2.56 bits per heavy atom. The highest BCUT2D eigenvalue weighted by atomic mass is 32.1. The monoisotopic (exact) mass is 355 g/mol. The van der Waals surface area contributed by atoms with Gasteiger partial charge in [-0.3, -0.25) is 0 Å². The van der Waals surface area contributed by atoms with Gasteiger partial charge in [-0.2, -0.15) is 0 Å². The molecule has 0 saturated heterocycles. The van der Waals surface area contributed by atoms with Crippen LogP contribution in [0.15, 0.2) is 60.0 Å². The van der Waals surface area contributed by atoms with Crippen LogP contribution in [0.1, 0.15) is 22.8 Å². The van der Waals surface area contributed by atoms with E-state index in [1.54, 1.807) is 25.1 Å². The van der Waals surface area contributed by atoms with Crippen LogP contribution in [0.4, 0.5) is 9.39 Å². The summed E-state index contributed by atoms with van der Waals surface area (Å²) in [5.74, 6) is -0.647. The molecule has 0 radical (unpaired) electrons. The molecule has 1 N–H and O–H groups in total. The van der Waals surface area contributed by atoms with Gasteiger partial charge in [-0.1, -0.05) is 48.5 Å². The molecule has 3 aromatic rings. The molecule has 0 aliphatic heterocycles. The molecule has 0 unspecified atom stereocenters. The fraction of sp³-hybridized carbons (Fsp3) is 0.150. The predicted octanol–water partition coefficient (Wildman–Crippen LogP) is 5.34. The van der Waals surface area contributed by atoms with Crippen molar-refractivity contribution in [3.63, 3.8) is 0 Å². The van der Waals surface area contributed by atoms with Gasteiger partial charge in [-0.25, -0.2) is 9.18 Å². The molecule has 0 fully saturated rings. The summed E-state index contributed by atoms with van der Waals surface area (Å²) in [6.45, 7) is 2.38. The molecule has 0 saturated carbocycles. The van der Waals surface area contributed by atoms with Crippen LogP contribution in [0.3, 0.4) is 0 Å². The van der Waals surface area contributed by atoms with Crippen LogP contribution in [-0.2, 0) is 11.3 Å². The number of rotatable bonds is 6. The molecule has 1 aromatic heterocycles. The topological polar surface area (TPSA) is 38.3 Å². The van der Waals surface area contributed by atoms with Gasteiger partial charge in [0.2, 0.25) is 0 Å². The molecule has 0 amide bonds. The van der Waals surface area contributed by atoms with E-state index in [2.05, 4.69) is 5.32 Å². The Labute approximate surface area is 150 Å². The minimum absolute atomic E-state index is 0.271. The first-order valence-corrected chi connectivity index (χ1v) is 8.90. The third-order valence-electron chi connectivity index (χ3n) is 3.75. The first kappa shape index (κ1) is 17.2. The second-order valence-electron chi connectivity index (χ2n) is 5.38. The Kier molecular flexibility index (Phi) is 5.46. The van der Waals surface area contributed by atoms with Crippen molar-refractivity contribution in [3.8, 4) is 11.1 Å². The number of benzene rings is 2. The summed E-state index contributed by atoms with van der Waals surface area (Å²) in [5.41, 5.74) is 2.81. The number of anilines is 1. The maximum Gasteiger partial charge on any atom is 0.341 e. The largest absolute Gasteiger partial charge is 0.462 e. The van der Waals surface area contributed by atoms with E-state index in [9.17, 15) is 9.18 Å². The van der Waals surface area contributed by atoms with E-state index in [4.69, 9.17) is 4.74 Å². The van der Waals surface area contributed by atoms with Gasteiger partial charge < -0.3 is 10.1 Å². The first-order valence-electron chi connectivity index (χ1n) is 8.02. The summed E-state index contributed by atoms with van der Waals surface area (Å²) < 4.78 is 19.0. The summed E-state index contributed by atoms with van der Waals surface area (Å²) in [5, 5.41) is 5.78. The number of hydrogen-bond donors (Lipinski definition) is 1. The second-order valence-corrected chi connectivity index (χ2v) is 6.26. The quantitative estimate of drug-likeness (QED) is 0.606. The van der Waals surface area contributed by atoms with Crippen LogP contribution in [0.25, 0.3) is 11.1 Å². The summed E-state index contributed by atoms with van der Waals surface area (Å²) in [6, 6.07) is 16.3. The third kappa shape index (κ3) is 3.88. The number of ether oxygens (including phenoxy) is 1. The first-order chi connectivity index (χ1) is 12.2. The van der Waals surface area contributed by atoms with Crippen LogP contribution in [0.2, 0.25) is 0 Å². The molecular formula is C20H18FNO2S. The van der Waals surface area contributed by atoms with E-state index < -0.39 is 0 Å². The van der Waals surface area contributed by atoms with Gasteiger partial charge >= 0.3 is 5.97 Å². The van der Waals surface area contributed by atoms with Gasteiger partial charge in [0.1, 0.15) is 16.4 Å². The van der Waals surface area contributed by atoms with E-state index in [0.29, 0.717) is 29.3 Å². The molecule has 3 nitrogen and oxygen atoms in total. The van der Waals surface area contributed by atoms with Gasteiger partial charge in [-0.15, -0.1) is 11.3 Å². The van der Waals surface area contributed by atoms with Crippen molar-refractivity contribution in [2.75, 3.05) is 11.9 Å². The van der Waals surface area contributed by atoms with E-state index in [0.717, 1.165) is 11.1 Å². The zero-order valence-electron chi connectivity index (χ0n) is 13.8. The Morgan fingerprint density at radius 2 is 1.84 bits per heavy atom. The maximum absolute atomic E-state index is 13.8. The lowest BCUT2D eigenvalue weighted by Crippen LogP contribution is -2.09. The van der Waals surface area contributed by atoms with E-state index >= 15 is 0 Å². The Morgan fingerprint density at radius 1 is 1.12 bits per heavy atom. The minimum Gasteiger partial charge on any atom is -0.462 e. The van der Waals surface area contributed by atoms with Gasteiger partial charge in [0.05, 0.1) is 6.61 Å². The molecule has 0 aliphatic rings. The number of esters is 1. The molecule has 2 aromatic carbocycles. The highest BCUT2D eigenvalue weighted by Crippen LogP contribution is 2.36. The van der Waals surface area contributed by atoms with Crippen molar-refractivity contribution in [2.45, 2.75) is 13.5 Å². The molecule has 5 heteroatoms. The average Bonchev–Trinajstić information content (AvgIpc) is 3.06. The number of carbonyl (C=O) groups is 1. The van der Waals surface area contributed by atoms with Gasteiger partial charge in [0.15, 0.2) is 0 Å². The average molecular weight is 355 g/mol. The van der Waals surface area contributed by atoms with Gasteiger partial charge in [-0.05, 0) is 18.6 Å². The summed E-state index contributed by atoms with van der Waals surface area (Å²) in [4.78, 5) is 12.5. The van der Waals surface area contributed by atoms with Gasteiger partial charge in [0, 0.05) is 23.1 Å². The van der Waals surface area contributed by atoms with Crippen LogP contribution in [0, 0.1) is 5.82 Å². The van der Waals surface area contributed by atoms with Crippen molar-refractivity contribution in [1.29, 1.82) is 0 Å². The molecule has 0 spiro atoms. The SMILES string of the molecule is CCOC(=O)c1c(-c2ccccc2)csc1NCc1ccccc1F. The van der Waals surface area contributed by atoms with Crippen molar-refractivity contribution >= 4 is 22.3 Å². The lowest BCUT2D eigenvalue weighted by atomic mass is 10.0. The highest BCUT2D eigenvalue weighted by molar-refractivity contribution is 7.15. The van der Waals surface area contributed by atoms with Gasteiger partial charge in [0.25, 0.3) is 0 Å². The van der Waals surface area contributed by atoms with E-state index in [1.165, 1.54) is 17.4 Å². The molecule has 0 atom stereocenters. The smallest absolute Gasteiger partial charge is 0.341 e. The van der Waals surface area contributed by atoms with Crippen LogP contribution >= 0.6 is 11.3 Å². The Bertz CT molecular complexity index is 861. The summed E-state index contributed by atoms with van der Waals surface area (Å²) >= 11 is 1.42. The van der Waals surface area contributed by atoms with E-state index in [-0.39, 0.29) is 11.8 Å². The van der Waals surface area contributed by atoms with E-state index in [1.807, 2.05) is 35.7 Å². The van der Waals surface area contributed by atoms with Crippen molar-refractivity contribution in [2.24, 2.45) is 0 Å². The van der Waals surface area contributed by atoms with Crippen molar-refractivity contribution in [1.82, 2.24) is 0 Å². The third-order valence-corrected chi connectivity index (χ3v) is 4.69. The fourth-order valence-corrected chi connectivity index (χ4v) is 3.50. The zero-order chi connectivity index (χ0) is 17.6. The molecule has 3 rings (SSSR count). The number of halogens is 1. The maximum atomic E-state index is 13.8. The minimum atomic E-state index is -0.376. The number of hydrogen-bond acceptors (Lipinski definition) is 4. The number of carbonyl (C=O) groups excluding carboxylic acids is 1. The lowest BCUT2D eigenvalue weighted by Gasteiger charge is -2.10. The van der Waals surface area contributed by atoms with Crippen molar-refractivity contribution < 1.29 is 13.9 Å². The molecular weight excluding hydrogens is 337 g/mol. The molecule has 25 heavy (non-hydrogen) atoms. The normalized spacial score (nSPS) is 10.5. The fourth-order valence-electron chi connectivity index (χ4n) is 2.54.